The number of amides is 1. The van der Waals surface area contributed by atoms with Crippen LogP contribution < -0.4 is 9.64 Å². The van der Waals surface area contributed by atoms with Gasteiger partial charge in [0.1, 0.15) is 5.75 Å². The second-order valence-electron chi connectivity index (χ2n) is 8.57. The number of carbonyl (C=O) groups excluding carboxylic acids is 1. The number of ether oxygens (including phenoxy) is 1. The molecule has 1 heterocycles. The van der Waals surface area contributed by atoms with Crippen molar-refractivity contribution in [2.24, 2.45) is 0 Å². The van der Waals surface area contributed by atoms with Crippen LogP contribution in [-0.4, -0.2) is 18.6 Å². The first-order chi connectivity index (χ1) is 13.9. The lowest BCUT2D eigenvalue weighted by Gasteiger charge is -2.51. The predicted octanol–water partition coefficient (Wildman–Crippen LogP) is 5.83. The first-order valence-electron chi connectivity index (χ1n) is 10.0. The minimum absolute atomic E-state index is 0.0415. The zero-order valence-electron chi connectivity index (χ0n) is 17.5. The van der Waals surface area contributed by atoms with E-state index in [1.807, 2.05) is 53.4 Å². The van der Waals surface area contributed by atoms with E-state index >= 15 is 0 Å². The van der Waals surface area contributed by atoms with Crippen LogP contribution in [0.5, 0.6) is 5.75 Å². The van der Waals surface area contributed by atoms with E-state index in [4.69, 9.17) is 4.74 Å². The molecule has 0 spiro atoms. The molecule has 3 heteroatoms. The molecule has 3 nitrogen and oxygen atoms in total. The Morgan fingerprint density at radius 2 is 1.48 bits per heavy atom. The summed E-state index contributed by atoms with van der Waals surface area (Å²) in [5.41, 5.74) is 3.54. The fourth-order valence-electron chi connectivity index (χ4n) is 4.81. The van der Waals surface area contributed by atoms with E-state index in [0.29, 0.717) is 5.56 Å². The van der Waals surface area contributed by atoms with Crippen molar-refractivity contribution in [1.82, 2.24) is 0 Å². The van der Waals surface area contributed by atoms with E-state index in [0.717, 1.165) is 17.9 Å². The van der Waals surface area contributed by atoms with Crippen LogP contribution in [0.1, 0.15) is 48.7 Å². The zero-order chi connectivity index (χ0) is 20.6. The Kier molecular flexibility index (Phi) is 4.70. The maximum absolute atomic E-state index is 13.5. The van der Waals surface area contributed by atoms with E-state index in [2.05, 4.69) is 51.1 Å². The smallest absolute Gasteiger partial charge is 0.258 e. The lowest BCUT2D eigenvalue weighted by Crippen LogP contribution is -2.55. The molecule has 0 saturated carbocycles. The molecule has 0 saturated heterocycles. The Bertz CT molecular complexity index is 1020. The molecule has 3 aromatic carbocycles. The van der Waals surface area contributed by atoms with Gasteiger partial charge in [-0.2, -0.15) is 0 Å². The largest absolute Gasteiger partial charge is 0.497 e. The van der Waals surface area contributed by atoms with Crippen LogP contribution in [0.2, 0.25) is 0 Å². The average Bonchev–Trinajstić information content (AvgIpc) is 2.73. The van der Waals surface area contributed by atoms with Gasteiger partial charge in [0, 0.05) is 22.2 Å². The minimum Gasteiger partial charge on any atom is -0.497 e. The van der Waals surface area contributed by atoms with E-state index in [-0.39, 0.29) is 16.9 Å². The zero-order valence-corrected chi connectivity index (χ0v) is 17.5. The van der Waals surface area contributed by atoms with Gasteiger partial charge in [-0.25, -0.2) is 0 Å². The summed E-state index contributed by atoms with van der Waals surface area (Å²) in [7, 11) is 1.68. The van der Waals surface area contributed by atoms with Crippen molar-refractivity contribution in [2.45, 2.75) is 38.1 Å². The molecule has 0 aromatic heterocycles. The van der Waals surface area contributed by atoms with Crippen LogP contribution in [0.25, 0.3) is 0 Å². The molecular weight excluding hydrogens is 358 g/mol. The minimum atomic E-state index is -0.351. The number of benzene rings is 3. The summed E-state index contributed by atoms with van der Waals surface area (Å²) in [6.07, 6.45) is 0.821. The van der Waals surface area contributed by atoms with Crippen LogP contribution in [0.4, 0.5) is 5.69 Å². The van der Waals surface area contributed by atoms with Crippen molar-refractivity contribution in [3.63, 3.8) is 0 Å². The van der Waals surface area contributed by atoms with Crippen LogP contribution in [-0.2, 0) is 5.41 Å². The second-order valence-corrected chi connectivity index (χ2v) is 8.57. The lowest BCUT2D eigenvalue weighted by atomic mass is 9.65. The summed E-state index contributed by atoms with van der Waals surface area (Å²) < 4.78 is 5.34. The van der Waals surface area contributed by atoms with Crippen molar-refractivity contribution in [3.8, 4) is 5.75 Å². The highest BCUT2D eigenvalue weighted by molar-refractivity contribution is 6.08. The van der Waals surface area contributed by atoms with E-state index in [1.165, 1.54) is 11.1 Å². The molecule has 0 aliphatic carbocycles. The molecule has 1 aliphatic rings. The Hall–Kier alpha value is -3.07. The average molecular weight is 386 g/mol. The molecule has 1 aliphatic heterocycles. The topological polar surface area (TPSA) is 29.5 Å². The number of para-hydroxylation sites is 1. The molecule has 29 heavy (non-hydrogen) atoms. The van der Waals surface area contributed by atoms with E-state index in [9.17, 15) is 4.79 Å². The quantitative estimate of drug-likeness (QED) is 0.568. The Balaban J connectivity index is 1.86. The molecule has 4 rings (SSSR count). The molecular formula is C26H27NO2. The maximum Gasteiger partial charge on any atom is 0.258 e. The van der Waals surface area contributed by atoms with E-state index in [1.54, 1.807) is 7.11 Å². The molecule has 1 amide bonds. The third-order valence-electron chi connectivity index (χ3n) is 6.08. The van der Waals surface area contributed by atoms with Crippen molar-refractivity contribution >= 4 is 11.6 Å². The number of anilines is 1. The molecule has 0 radical (unpaired) electrons. The number of fused-ring (bicyclic) bond motifs is 1. The van der Waals surface area contributed by atoms with Gasteiger partial charge in [0.15, 0.2) is 0 Å². The molecule has 3 aromatic rings. The highest BCUT2D eigenvalue weighted by atomic mass is 16.5. The molecule has 1 atom stereocenters. The molecule has 0 N–H and O–H groups in total. The van der Waals surface area contributed by atoms with Gasteiger partial charge in [-0.05, 0) is 61.7 Å². The lowest BCUT2D eigenvalue weighted by molar-refractivity contribution is 0.0948. The van der Waals surface area contributed by atoms with Gasteiger partial charge in [0.25, 0.3) is 5.91 Å². The number of nitrogens with zero attached hydrogens (tertiary/aromatic N) is 1. The monoisotopic (exact) mass is 385 g/mol. The molecule has 148 valence electrons. The highest BCUT2D eigenvalue weighted by Gasteiger charge is 2.47. The van der Waals surface area contributed by atoms with Crippen LogP contribution >= 0.6 is 0 Å². The summed E-state index contributed by atoms with van der Waals surface area (Å²) in [6, 6.07) is 26.1. The fourth-order valence-corrected chi connectivity index (χ4v) is 4.81. The first kappa shape index (κ1) is 19.3. The van der Waals surface area contributed by atoms with E-state index < -0.39 is 0 Å². The number of methoxy groups -OCH3 is 1. The van der Waals surface area contributed by atoms with Gasteiger partial charge in [-0.15, -0.1) is 0 Å². The van der Waals surface area contributed by atoms with Crippen LogP contribution in [0.15, 0.2) is 78.9 Å². The number of rotatable bonds is 3. The maximum atomic E-state index is 13.5. The van der Waals surface area contributed by atoms with Gasteiger partial charge in [-0.1, -0.05) is 55.5 Å². The summed E-state index contributed by atoms with van der Waals surface area (Å²) in [5.74, 6) is 0.890. The number of hydrogen-bond donors (Lipinski definition) is 0. The normalized spacial score (nSPS) is 20.1. The summed E-state index contributed by atoms with van der Waals surface area (Å²) in [5, 5.41) is 0. The number of hydrogen-bond acceptors (Lipinski definition) is 2. The third kappa shape index (κ3) is 3.21. The SMILES string of the molecule is COc1ccc([C@]2(C)CC(C)(C)N(C(=O)c3ccccc3)c3ccccc32)cc1. The van der Waals surface area contributed by atoms with Gasteiger partial charge in [0.05, 0.1) is 7.11 Å². The summed E-state index contributed by atoms with van der Waals surface area (Å²) in [6.45, 7) is 6.59. The molecule has 0 fully saturated rings. The van der Waals surface area contributed by atoms with Gasteiger partial charge in [-0.3, -0.25) is 4.79 Å². The van der Waals surface area contributed by atoms with Crippen molar-refractivity contribution in [3.05, 3.63) is 95.6 Å². The van der Waals surface area contributed by atoms with Crippen LogP contribution in [0, 0.1) is 0 Å². The molecule has 0 unspecified atom stereocenters. The van der Waals surface area contributed by atoms with Crippen molar-refractivity contribution in [2.75, 3.05) is 12.0 Å². The first-order valence-corrected chi connectivity index (χ1v) is 10.0. The van der Waals surface area contributed by atoms with Crippen LogP contribution in [0.3, 0.4) is 0 Å². The van der Waals surface area contributed by atoms with Crippen molar-refractivity contribution in [1.29, 1.82) is 0 Å². The van der Waals surface area contributed by atoms with Gasteiger partial charge < -0.3 is 9.64 Å². The molecule has 0 bridgehead atoms. The highest BCUT2D eigenvalue weighted by Crippen LogP contribution is 2.50. The predicted molar refractivity (Wildman–Crippen MR) is 118 cm³/mol. The Morgan fingerprint density at radius 3 is 2.14 bits per heavy atom. The fraction of sp³-hybridized carbons (Fsp3) is 0.269. The van der Waals surface area contributed by atoms with Gasteiger partial charge >= 0.3 is 0 Å². The summed E-state index contributed by atoms with van der Waals surface area (Å²) in [4.78, 5) is 15.5. The third-order valence-corrected chi connectivity index (χ3v) is 6.08. The van der Waals surface area contributed by atoms with Gasteiger partial charge in [0.2, 0.25) is 0 Å². The van der Waals surface area contributed by atoms with Crippen molar-refractivity contribution < 1.29 is 9.53 Å². The second kappa shape index (κ2) is 7.07. The standard InChI is InChI=1S/C26H27NO2/c1-25(2)18-26(3,20-14-16-21(29-4)17-15-20)22-12-8-9-13-23(22)27(25)24(28)19-10-6-5-7-11-19/h5-17H,18H2,1-4H3/t26-/m0/s1. The summed E-state index contributed by atoms with van der Waals surface area (Å²) >= 11 is 0. The Labute approximate surface area is 172 Å². The number of carbonyl (C=O) groups is 1. The Morgan fingerprint density at radius 1 is 0.862 bits per heavy atom.